The third-order valence-corrected chi connectivity index (χ3v) is 8.89. The molecule has 0 radical (unpaired) electrons. The smallest absolute Gasteiger partial charge is 0.338 e. The molecule has 5 aromatic rings. The van der Waals surface area contributed by atoms with Crippen LogP contribution in [0.1, 0.15) is 42.1 Å². The zero-order valence-corrected chi connectivity index (χ0v) is 27.7. The van der Waals surface area contributed by atoms with Crippen molar-refractivity contribution in [3.8, 4) is 11.5 Å². The van der Waals surface area contributed by atoms with E-state index in [4.69, 9.17) is 19.2 Å². The molecule has 2 heterocycles. The van der Waals surface area contributed by atoms with Crippen molar-refractivity contribution in [2.75, 3.05) is 13.2 Å². The number of hydrogen-bond acceptors (Lipinski definition) is 7. The zero-order chi connectivity index (χ0) is 32.0. The number of nitrogens with zero attached hydrogens (tertiary/aromatic N) is 2. The average molecular weight is 696 g/mol. The molecule has 1 aliphatic heterocycles. The Hall–Kier alpha value is -4.73. The number of rotatable bonds is 10. The van der Waals surface area contributed by atoms with E-state index in [2.05, 4.69) is 15.9 Å². The molecule has 0 bridgehead atoms. The van der Waals surface area contributed by atoms with E-state index in [1.807, 2.05) is 116 Å². The highest BCUT2D eigenvalue weighted by molar-refractivity contribution is 9.10. The van der Waals surface area contributed by atoms with Gasteiger partial charge in [0.25, 0.3) is 5.56 Å². The van der Waals surface area contributed by atoms with E-state index in [1.165, 1.54) is 11.3 Å². The van der Waals surface area contributed by atoms with Crippen molar-refractivity contribution in [2.24, 2.45) is 4.99 Å². The highest BCUT2D eigenvalue weighted by Crippen LogP contribution is 2.35. The molecule has 4 aromatic carbocycles. The first-order chi connectivity index (χ1) is 22.4. The molecule has 0 amide bonds. The van der Waals surface area contributed by atoms with Gasteiger partial charge in [0.1, 0.15) is 18.1 Å². The minimum atomic E-state index is -0.752. The van der Waals surface area contributed by atoms with Crippen molar-refractivity contribution in [2.45, 2.75) is 26.5 Å². The van der Waals surface area contributed by atoms with Crippen molar-refractivity contribution < 1.29 is 19.0 Å². The van der Waals surface area contributed by atoms with Gasteiger partial charge in [-0.2, -0.15) is 0 Å². The second kappa shape index (κ2) is 14.1. The van der Waals surface area contributed by atoms with Crippen LogP contribution < -0.4 is 24.4 Å². The summed E-state index contributed by atoms with van der Waals surface area (Å²) in [4.78, 5) is 33.2. The summed E-state index contributed by atoms with van der Waals surface area (Å²) in [6, 6.07) is 31.8. The van der Waals surface area contributed by atoms with E-state index < -0.39 is 12.0 Å². The fourth-order valence-electron chi connectivity index (χ4n) is 5.23. The van der Waals surface area contributed by atoms with Crippen LogP contribution in [0.4, 0.5) is 0 Å². The molecule has 1 atom stereocenters. The number of esters is 1. The number of benzene rings is 4. The van der Waals surface area contributed by atoms with Gasteiger partial charge < -0.3 is 14.2 Å². The Labute approximate surface area is 278 Å². The Morgan fingerprint density at radius 1 is 0.870 bits per heavy atom. The lowest BCUT2D eigenvalue weighted by atomic mass is 9.93. The van der Waals surface area contributed by atoms with Crippen molar-refractivity contribution in [1.82, 2.24) is 4.57 Å². The van der Waals surface area contributed by atoms with E-state index >= 15 is 0 Å². The minimum Gasteiger partial charge on any atom is -0.494 e. The molecular weight excluding hydrogens is 664 g/mol. The zero-order valence-electron chi connectivity index (χ0n) is 25.3. The van der Waals surface area contributed by atoms with Crippen LogP contribution in [0.5, 0.6) is 11.5 Å². The molecule has 9 heteroatoms. The van der Waals surface area contributed by atoms with Crippen LogP contribution in [-0.4, -0.2) is 23.8 Å². The number of carbonyl (C=O) groups excluding carboxylic acids is 1. The lowest BCUT2D eigenvalue weighted by molar-refractivity contribution is -0.138. The second-order valence-corrected chi connectivity index (χ2v) is 12.3. The van der Waals surface area contributed by atoms with Gasteiger partial charge in [-0.15, -0.1) is 0 Å². The van der Waals surface area contributed by atoms with Gasteiger partial charge in [0.2, 0.25) is 0 Å². The Morgan fingerprint density at radius 2 is 1.54 bits per heavy atom. The maximum Gasteiger partial charge on any atom is 0.338 e. The predicted molar refractivity (Wildman–Crippen MR) is 184 cm³/mol. The van der Waals surface area contributed by atoms with Gasteiger partial charge in [0.05, 0.1) is 35.1 Å². The van der Waals surface area contributed by atoms with E-state index in [0.717, 1.165) is 32.5 Å². The Bertz CT molecular complexity index is 2050. The monoisotopic (exact) mass is 694 g/mol. The fraction of sp³-hybridized carbons (Fsp3) is 0.162. The van der Waals surface area contributed by atoms with Gasteiger partial charge in [-0.3, -0.25) is 9.36 Å². The lowest BCUT2D eigenvalue weighted by Crippen LogP contribution is -2.40. The molecule has 0 N–H and O–H groups in total. The summed E-state index contributed by atoms with van der Waals surface area (Å²) in [7, 11) is 0. The summed E-state index contributed by atoms with van der Waals surface area (Å²) in [5.41, 5.74) is 3.96. The number of ether oxygens (including phenoxy) is 3. The van der Waals surface area contributed by atoms with Crippen LogP contribution in [0.15, 0.2) is 123 Å². The first-order valence-corrected chi connectivity index (χ1v) is 16.5. The summed E-state index contributed by atoms with van der Waals surface area (Å²) in [5, 5.41) is 0. The summed E-state index contributed by atoms with van der Waals surface area (Å²) in [5.74, 6) is 0.911. The molecule has 1 aromatic heterocycles. The average Bonchev–Trinajstić information content (AvgIpc) is 3.39. The highest BCUT2D eigenvalue weighted by atomic mass is 79.9. The molecule has 0 saturated heterocycles. The molecule has 0 fully saturated rings. The third kappa shape index (κ3) is 6.76. The number of halogens is 1. The molecule has 46 heavy (non-hydrogen) atoms. The van der Waals surface area contributed by atoms with Gasteiger partial charge in [-0.05, 0) is 73.0 Å². The van der Waals surface area contributed by atoms with Gasteiger partial charge in [0.15, 0.2) is 4.80 Å². The molecule has 6 rings (SSSR count). The molecule has 232 valence electrons. The maximum atomic E-state index is 14.1. The van der Waals surface area contributed by atoms with E-state index in [-0.39, 0.29) is 12.2 Å². The van der Waals surface area contributed by atoms with E-state index in [0.29, 0.717) is 39.6 Å². The number of fused-ring (bicyclic) bond motifs is 1. The largest absolute Gasteiger partial charge is 0.494 e. The highest BCUT2D eigenvalue weighted by Gasteiger charge is 2.35. The number of thiazole rings is 1. The van der Waals surface area contributed by atoms with Crippen LogP contribution in [0.3, 0.4) is 0 Å². The van der Waals surface area contributed by atoms with Crippen molar-refractivity contribution in [1.29, 1.82) is 0 Å². The molecule has 0 spiro atoms. The van der Waals surface area contributed by atoms with Gasteiger partial charge >= 0.3 is 5.97 Å². The van der Waals surface area contributed by atoms with Gasteiger partial charge in [0, 0.05) is 10.0 Å². The molecule has 1 aliphatic rings. The Balaban J connectivity index is 1.42. The Kier molecular flexibility index (Phi) is 9.61. The standard InChI is InChI=1S/C37H31BrN2O5S/c1-3-43-29-20-14-27(15-21-29)34-32(36(42)44-4-2)33(26-8-6-5-7-9-26)39-37-40(34)35(41)31(46-37)22-24-12-18-30(19-13-24)45-23-25-10-16-28(38)17-11-25/h5-22,34H,3-4,23H2,1-2H3/b31-22-/t34-/m0/s1. The van der Waals surface area contributed by atoms with Gasteiger partial charge in [-0.1, -0.05) is 94.0 Å². The number of hydrogen-bond donors (Lipinski definition) is 0. The summed E-state index contributed by atoms with van der Waals surface area (Å²) in [6.07, 6.45) is 1.84. The quantitative estimate of drug-likeness (QED) is 0.153. The SMILES string of the molecule is CCOC(=O)C1=C(c2ccccc2)N=c2s/c(=C\c3ccc(OCc4ccc(Br)cc4)cc3)c(=O)n2[C@H]1c1ccc(OCC)cc1. The fourth-order valence-corrected chi connectivity index (χ4v) is 6.49. The van der Waals surface area contributed by atoms with Crippen LogP contribution in [0.2, 0.25) is 0 Å². The lowest BCUT2D eigenvalue weighted by Gasteiger charge is -2.26. The summed E-state index contributed by atoms with van der Waals surface area (Å²) >= 11 is 4.74. The van der Waals surface area contributed by atoms with Crippen LogP contribution >= 0.6 is 27.3 Å². The van der Waals surface area contributed by atoms with Crippen LogP contribution in [0, 0.1) is 0 Å². The van der Waals surface area contributed by atoms with E-state index in [9.17, 15) is 9.59 Å². The number of carbonyl (C=O) groups is 1. The first kappa shape index (κ1) is 31.3. The minimum absolute atomic E-state index is 0.188. The van der Waals surface area contributed by atoms with Crippen LogP contribution in [-0.2, 0) is 16.1 Å². The molecule has 0 unspecified atom stereocenters. The molecule has 7 nitrogen and oxygen atoms in total. The topological polar surface area (TPSA) is 79.1 Å². The summed E-state index contributed by atoms with van der Waals surface area (Å²) in [6.45, 7) is 4.85. The molecular formula is C37H31BrN2O5S. The van der Waals surface area contributed by atoms with Crippen LogP contribution in [0.25, 0.3) is 11.8 Å². The summed E-state index contributed by atoms with van der Waals surface area (Å²) < 4.78 is 20.3. The normalized spacial score (nSPS) is 14.4. The molecule has 0 aliphatic carbocycles. The Morgan fingerprint density at radius 3 is 2.22 bits per heavy atom. The van der Waals surface area contributed by atoms with Gasteiger partial charge in [-0.25, -0.2) is 9.79 Å². The predicted octanol–water partition coefficient (Wildman–Crippen LogP) is 6.68. The maximum absolute atomic E-state index is 14.1. The van der Waals surface area contributed by atoms with Crippen molar-refractivity contribution in [3.05, 3.63) is 155 Å². The number of aromatic nitrogens is 1. The molecule has 0 saturated carbocycles. The second-order valence-electron chi connectivity index (χ2n) is 10.4. The third-order valence-electron chi connectivity index (χ3n) is 7.38. The van der Waals surface area contributed by atoms with Crippen molar-refractivity contribution >= 4 is 45.0 Å². The van der Waals surface area contributed by atoms with E-state index in [1.54, 1.807) is 11.5 Å². The van der Waals surface area contributed by atoms with Crippen molar-refractivity contribution in [3.63, 3.8) is 0 Å². The first-order valence-electron chi connectivity index (χ1n) is 14.9.